The van der Waals surface area contributed by atoms with E-state index in [-0.39, 0.29) is 45.6 Å². The highest BCUT2D eigenvalue weighted by Gasteiger charge is 2.71. The van der Waals surface area contributed by atoms with Gasteiger partial charge in [-0.1, -0.05) is 85.3 Å². The SMILES string of the molecule is C=C(C)[C@@H]1CC[C@]2(NC(=O)CCCCCCCCCCC(=O)O)CC[C@]3(C)[C@H](CCC4[C@@]5(C)CC[C@H](O)C(C)(C)[C@@H]5CC[C@]43C)[C@@H]12. The number of aliphatic hydroxyl groups excluding tert-OH is 1. The van der Waals surface area contributed by atoms with Gasteiger partial charge in [0.25, 0.3) is 0 Å². The van der Waals surface area contributed by atoms with Crippen LogP contribution < -0.4 is 5.32 Å². The van der Waals surface area contributed by atoms with Gasteiger partial charge in [-0.05, 0) is 135 Å². The number of aliphatic hydroxyl groups is 1. The van der Waals surface area contributed by atoms with Crippen molar-refractivity contribution < 1.29 is 19.8 Å². The molecule has 5 aliphatic rings. The summed E-state index contributed by atoms with van der Waals surface area (Å²) in [7, 11) is 0. The van der Waals surface area contributed by atoms with E-state index in [4.69, 9.17) is 5.11 Å². The Morgan fingerprint density at radius 3 is 1.98 bits per heavy atom. The Hall–Kier alpha value is -1.36. The van der Waals surface area contributed by atoms with Crippen LogP contribution in [0.4, 0.5) is 0 Å². The number of carboxylic acids is 1. The molecule has 1 unspecified atom stereocenters. The summed E-state index contributed by atoms with van der Waals surface area (Å²) in [5.41, 5.74) is 2.05. The van der Waals surface area contributed by atoms with E-state index in [1.54, 1.807) is 0 Å². The van der Waals surface area contributed by atoms with Crippen LogP contribution in [0.3, 0.4) is 0 Å². The van der Waals surface area contributed by atoms with Gasteiger partial charge in [-0.25, -0.2) is 0 Å². The molecule has 5 nitrogen and oxygen atoms in total. The highest BCUT2D eigenvalue weighted by atomic mass is 16.4. The van der Waals surface area contributed by atoms with Gasteiger partial charge in [-0.2, -0.15) is 0 Å². The summed E-state index contributed by atoms with van der Waals surface area (Å²) in [4.78, 5) is 24.3. The Morgan fingerprint density at radius 1 is 0.717 bits per heavy atom. The fourth-order valence-electron chi connectivity index (χ4n) is 13.3. The van der Waals surface area contributed by atoms with Crippen LogP contribution in [0.15, 0.2) is 12.2 Å². The smallest absolute Gasteiger partial charge is 0.303 e. The molecule has 5 aliphatic carbocycles. The fourth-order valence-corrected chi connectivity index (χ4v) is 13.3. The summed E-state index contributed by atoms with van der Waals surface area (Å²) in [6, 6.07) is 0. The molecule has 5 rings (SSSR count). The second-order valence-electron chi connectivity index (χ2n) is 18.5. The van der Waals surface area contributed by atoms with Crippen LogP contribution in [0.25, 0.3) is 0 Å². The van der Waals surface area contributed by atoms with Crippen LogP contribution in [-0.2, 0) is 9.59 Å². The zero-order valence-corrected chi connectivity index (χ0v) is 30.5. The molecule has 0 saturated heterocycles. The van der Waals surface area contributed by atoms with Crippen molar-refractivity contribution in [1.29, 1.82) is 0 Å². The van der Waals surface area contributed by atoms with Gasteiger partial charge < -0.3 is 15.5 Å². The van der Waals surface area contributed by atoms with E-state index in [0.717, 1.165) is 70.6 Å². The maximum atomic E-state index is 13.6. The van der Waals surface area contributed by atoms with E-state index in [9.17, 15) is 14.7 Å². The molecule has 0 heterocycles. The number of hydrogen-bond acceptors (Lipinski definition) is 3. The molecule has 0 aromatic heterocycles. The van der Waals surface area contributed by atoms with Crippen molar-refractivity contribution >= 4 is 11.9 Å². The van der Waals surface area contributed by atoms with Crippen molar-refractivity contribution in [1.82, 2.24) is 5.32 Å². The molecule has 262 valence electrons. The molecule has 5 heteroatoms. The minimum atomic E-state index is -0.691. The number of aliphatic carboxylic acids is 1. The van der Waals surface area contributed by atoms with Crippen molar-refractivity contribution in [2.24, 2.45) is 51.2 Å². The lowest BCUT2D eigenvalue weighted by Gasteiger charge is -2.73. The molecule has 3 N–H and O–H groups in total. The lowest BCUT2D eigenvalue weighted by molar-refractivity contribution is -0.243. The van der Waals surface area contributed by atoms with Crippen molar-refractivity contribution in [2.45, 2.75) is 182 Å². The molecule has 1 amide bonds. The van der Waals surface area contributed by atoms with Crippen LogP contribution in [0.5, 0.6) is 0 Å². The number of unbranched alkanes of at least 4 members (excludes halogenated alkanes) is 7. The Bertz CT molecular complexity index is 1130. The third-order valence-electron chi connectivity index (χ3n) is 16.0. The predicted molar refractivity (Wildman–Crippen MR) is 187 cm³/mol. The molecule has 0 aromatic carbocycles. The van der Waals surface area contributed by atoms with E-state index in [1.165, 1.54) is 50.5 Å². The summed E-state index contributed by atoms with van der Waals surface area (Å²) < 4.78 is 0. The van der Waals surface area contributed by atoms with Gasteiger partial charge in [-0.3, -0.25) is 9.59 Å². The summed E-state index contributed by atoms with van der Waals surface area (Å²) >= 11 is 0. The Balaban J connectivity index is 1.24. The summed E-state index contributed by atoms with van der Waals surface area (Å²) in [6.45, 7) is 19.4. The number of nitrogens with one attached hydrogen (secondary N) is 1. The van der Waals surface area contributed by atoms with E-state index in [0.29, 0.717) is 36.0 Å². The average Bonchev–Trinajstić information content (AvgIpc) is 3.36. The number of allylic oxidation sites excluding steroid dienone is 1. The summed E-state index contributed by atoms with van der Waals surface area (Å²) in [5.74, 6) is 2.46. The lowest BCUT2D eigenvalue weighted by atomic mass is 9.32. The van der Waals surface area contributed by atoms with Crippen molar-refractivity contribution in [3.05, 3.63) is 12.2 Å². The number of amides is 1. The van der Waals surface area contributed by atoms with Gasteiger partial charge >= 0.3 is 5.97 Å². The summed E-state index contributed by atoms with van der Waals surface area (Å²) in [5, 5.41) is 23.6. The van der Waals surface area contributed by atoms with E-state index >= 15 is 0 Å². The molecule has 10 atom stereocenters. The van der Waals surface area contributed by atoms with Crippen molar-refractivity contribution in [3.63, 3.8) is 0 Å². The average molecular weight is 640 g/mol. The maximum absolute atomic E-state index is 13.6. The first-order valence-corrected chi connectivity index (χ1v) is 19.5. The standard InChI is InChI=1S/C41H69NO4/c1-28(2)29-20-25-41(42-34(44)16-14-12-10-8-9-11-13-15-17-35(45)46)27-26-39(6)30(36(29)41)18-19-32-38(5)23-22-33(43)37(3,4)31(38)21-24-40(32,39)7/h29-33,36,43H,1,8-27H2,2-7H3,(H,42,44)(H,45,46)/t29-,30+,31-,32?,33-,36+,38-,39+,40+,41-/m0/s1. The number of fused-ring (bicyclic) bond motifs is 7. The maximum Gasteiger partial charge on any atom is 0.303 e. The first-order chi connectivity index (χ1) is 21.6. The van der Waals surface area contributed by atoms with Crippen molar-refractivity contribution in [3.8, 4) is 0 Å². The first kappa shape index (κ1) is 35.9. The molecule has 5 saturated carbocycles. The third-order valence-corrected chi connectivity index (χ3v) is 16.0. The zero-order chi connectivity index (χ0) is 33.5. The minimum absolute atomic E-state index is 0.0160. The van der Waals surface area contributed by atoms with Crippen molar-refractivity contribution in [2.75, 3.05) is 0 Å². The van der Waals surface area contributed by atoms with Gasteiger partial charge in [0, 0.05) is 18.4 Å². The van der Waals surface area contributed by atoms with Crippen LogP contribution >= 0.6 is 0 Å². The second-order valence-corrected chi connectivity index (χ2v) is 18.5. The first-order valence-electron chi connectivity index (χ1n) is 19.5. The van der Waals surface area contributed by atoms with Gasteiger partial charge in [-0.15, -0.1) is 0 Å². The van der Waals surface area contributed by atoms with E-state index in [1.807, 2.05) is 0 Å². The van der Waals surface area contributed by atoms with E-state index in [2.05, 4.69) is 53.4 Å². The largest absolute Gasteiger partial charge is 0.481 e. The molecule has 0 radical (unpaired) electrons. The lowest BCUT2D eigenvalue weighted by Crippen LogP contribution is -2.69. The molecule has 5 fully saturated rings. The summed E-state index contributed by atoms with van der Waals surface area (Å²) in [6.07, 6.45) is 20.9. The number of carbonyl (C=O) groups excluding carboxylic acids is 1. The normalized spacial score (nSPS) is 42.7. The highest BCUT2D eigenvalue weighted by Crippen LogP contribution is 2.76. The van der Waals surface area contributed by atoms with Crippen LogP contribution in [-0.4, -0.2) is 33.7 Å². The van der Waals surface area contributed by atoms with Crippen LogP contribution in [0.2, 0.25) is 0 Å². The monoisotopic (exact) mass is 640 g/mol. The topological polar surface area (TPSA) is 86.6 Å². The Morgan fingerprint density at radius 2 is 1.35 bits per heavy atom. The zero-order valence-electron chi connectivity index (χ0n) is 30.5. The number of carbonyl (C=O) groups is 2. The second kappa shape index (κ2) is 13.5. The number of carboxylic acid groups (broad SMARTS) is 1. The quantitative estimate of drug-likeness (QED) is 0.138. The molecule has 0 spiro atoms. The van der Waals surface area contributed by atoms with Gasteiger partial charge in [0.15, 0.2) is 0 Å². The third kappa shape index (κ3) is 6.15. The minimum Gasteiger partial charge on any atom is -0.481 e. The number of hydrogen-bond donors (Lipinski definition) is 3. The fraction of sp³-hybridized carbons (Fsp3) is 0.902. The molecule has 0 bridgehead atoms. The van der Waals surface area contributed by atoms with Crippen LogP contribution in [0.1, 0.15) is 170 Å². The molecule has 0 aromatic rings. The van der Waals surface area contributed by atoms with Crippen LogP contribution in [0, 0.1) is 51.2 Å². The Labute approximate surface area is 281 Å². The highest BCUT2D eigenvalue weighted by molar-refractivity contribution is 5.77. The Kier molecular flexibility index (Phi) is 10.6. The molecule has 46 heavy (non-hydrogen) atoms. The van der Waals surface area contributed by atoms with E-state index < -0.39 is 5.97 Å². The van der Waals surface area contributed by atoms with Gasteiger partial charge in [0.05, 0.1) is 6.10 Å². The van der Waals surface area contributed by atoms with Gasteiger partial charge in [0.1, 0.15) is 0 Å². The van der Waals surface area contributed by atoms with Gasteiger partial charge in [0.2, 0.25) is 5.91 Å². The number of rotatable bonds is 13. The molecular weight excluding hydrogens is 570 g/mol. The predicted octanol–water partition coefficient (Wildman–Crippen LogP) is 9.86. The molecular formula is C41H69NO4. The molecule has 0 aliphatic heterocycles.